The van der Waals surface area contributed by atoms with Crippen LogP contribution in [0.3, 0.4) is 0 Å². The number of esters is 2. The molecule has 1 aromatic rings. The number of carbonyl (C=O) groups excluding carboxylic acids is 2. The average Bonchev–Trinajstić information content (AvgIpc) is 2.82. The van der Waals surface area contributed by atoms with Crippen LogP contribution >= 0.6 is 15.9 Å². The summed E-state index contributed by atoms with van der Waals surface area (Å²) in [4.78, 5) is 22.6. The first-order chi connectivity index (χ1) is 9.75. The Kier molecular flexibility index (Phi) is 4.27. The van der Waals surface area contributed by atoms with E-state index in [4.69, 9.17) is 0 Å². The van der Waals surface area contributed by atoms with E-state index >= 15 is 0 Å². The fraction of sp³-hybridized carbons (Fsp3) is 0.385. The van der Waals surface area contributed by atoms with Gasteiger partial charge in [0.15, 0.2) is 0 Å². The van der Waals surface area contributed by atoms with Gasteiger partial charge in [0.2, 0.25) is 0 Å². The minimum absolute atomic E-state index is 0.184. The molecular weight excluding hydrogens is 357 g/mol. The molecule has 1 aliphatic rings. The number of fused-ring (bicyclic) bond motifs is 1. The second-order valence-electron chi connectivity index (χ2n) is 4.41. The number of hydrogen-bond donors (Lipinski definition) is 0. The zero-order valence-corrected chi connectivity index (χ0v) is 12.4. The normalized spacial score (nSPS) is 17.3. The van der Waals surface area contributed by atoms with Gasteiger partial charge in [-0.25, -0.2) is 9.59 Å². The molecule has 114 valence electrons. The molecule has 0 radical (unpaired) electrons. The quantitative estimate of drug-likeness (QED) is 0.753. The second-order valence-corrected chi connectivity index (χ2v) is 5.26. The maximum absolute atomic E-state index is 12.3. The number of rotatable bonds is 2. The third-order valence-corrected chi connectivity index (χ3v) is 3.86. The molecule has 1 aliphatic carbocycles. The molecule has 21 heavy (non-hydrogen) atoms. The van der Waals surface area contributed by atoms with Crippen molar-refractivity contribution >= 4 is 27.9 Å². The highest BCUT2D eigenvalue weighted by Gasteiger charge is 2.44. The topological polar surface area (TPSA) is 52.6 Å². The fourth-order valence-corrected chi connectivity index (χ4v) is 2.92. The van der Waals surface area contributed by atoms with Gasteiger partial charge in [-0.1, -0.05) is 15.9 Å². The number of ether oxygens (including phenoxy) is 2. The van der Waals surface area contributed by atoms with E-state index in [1.54, 1.807) is 0 Å². The number of halogens is 4. The molecule has 0 aromatic heterocycles. The Bertz CT molecular complexity index is 598. The standard InChI is InChI=1S/C13H10BrF3O4/c1-20-11(18)7-2-4-8(14)10-6(7)3-5-9(10)21-12(19)13(15,16)17/h2,4,9H,3,5H2,1H3. The highest BCUT2D eigenvalue weighted by atomic mass is 79.9. The maximum atomic E-state index is 12.3. The summed E-state index contributed by atoms with van der Waals surface area (Å²) < 4.78 is 46.5. The van der Waals surface area contributed by atoms with Crippen LogP contribution in [0.5, 0.6) is 0 Å². The van der Waals surface area contributed by atoms with Crippen LogP contribution < -0.4 is 0 Å². The Morgan fingerprint density at radius 2 is 2.00 bits per heavy atom. The van der Waals surface area contributed by atoms with Crippen LogP contribution in [-0.4, -0.2) is 25.2 Å². The largest absolute Gasteiger partial charge is 0.490 e. The van der Waals surface area contributed by atoms with Crippen molar-refractivity contribution in [2.45, 2.75) is 25.1 Å². The predicted octanol–water partition coefficient (Wildman–Crippen LogP) is 3.33. The van der Waals surface area contributed by atoms with E-state index in [0.29, 0.717) is 22.0 Å². The summed E-state index contributed by atoms with van der Waals surface area (Å²) in [5.74, 6) is -2.82. The lowest BCUT2D eigenvalue weighted by atomic mass is 10.0. The third kappa shape index (κ3) is 3.04. The van der Waals surface area contributed by atoms with Gasteiger partial charge in [-0.15, -0.1) is 0 Å². The van der Waals surface area contributed by atoms with E-state index in [2.05, 4.69) is 25.4 Å². The van der Waals surface area contributed by atoms with Crippen LogP contribution in [0.4, 0.5) is 13.2 Å². The Labute approximate surface area is 126 Å². The molecule has 0 saturated carbocycles. The first-order valence-electron chi connectivity index (χ1n) is 5.93. The summed E-state index contributed by atoms with van der Waals surface area (Å²) in [7, 11) is 1.22. The maximum Gasteiger partial charge on any atom is 0.490 e. The van der Waals surface area contributed by atoms with Gasteiger partial charge in [0.1, 0.15) is 6.10 Å². The van der Waals surface area contributed by atoms with Crippen molar-refractivity contribution in [1.82, 2.24) is 0 Å². The minimum Gasteiger partial charge on any atom is -0.465 e. The summed E-state index contributed by atoms with van der Waals surface area (Å²) in [5.41, 5.74) is 1.19. The Hall–Kier alpha value is -1.57. The van der Waals surface area contributed by atoms with Gasteiger partial charge in [-0.3, -0.25) is 0 Å². The summed E-state index contributed by atoms with van der Waals surface area (Å²) in [6.07, 6.45) is -5.57. The van der Waals surface area contributed by atoms with Crippen molar-refractivity contribution in [2.75, 3.05) is 7.11 Å². The molecule has 0 amide bonds. The molecule has 1 aromatic carbocycles. The van der Waals surface area contributed by atoms with Gasteiger partial charge in [0, 0.05) is 10.0 Å². The number of benzene rings is 1. The van der Waals surface area contributed by atoms with Crippen molar-refractivity contribution < 1.29 is 32.2 Å². The number of carbonyl (C=O) groups is 2. The first-order valence-corrected chi connectivity index (χ1v) is 6.72. The number of methoxy groups -OCH3 is 1. The van der Waals surface area contributed by atoms with E-state index < -0.39 is 24.2 Å². The molecule has 0 bridgehead atoms. The summed E-state index contributed by atoms with van der Waals surface area (Å²) >= 11 is 3.21. The van der Waals surface area contributed by atoms with Crippen molar-refractivity contribution in [2.24, 2.45) is 0 Å². The Morgan fingerprint density at radius 1 is 1.33 bits per heavy atom. The van der Waals surface area contributed by atoms with E-state index in [1.165, 1.54) is 19.2 Å². The lowest BCUT2D eigenvalue weighted by Crippen LogP contribution is -2.26. The molecule has 0 heterocycles. The Morgan fingerprint density at radius 3 is 2.57 bits per heavy atom. The van der Waals surface area contributed by atoms with E-state index in [0.717, 1.165) is 0 Å². The van der Waals surface area contributed by atoms with Gasteiger partial charge >= 0.3 is 18.1 Å². The molecule has 8 heteroatoms. The predicted molar refractivity (Wildman–Crippen MR) is 68.7 cm³/mol. The van der Waals surface area contributed by atoms with Crippen molar-refractivity contribution in [1.29, 1.82) is 0 Å². The van der Waals surface area contributed by atoms with E-state index in [9.17, 15) is 22.8 Å². The van der Waals surface area contributed by atoms with Gasteiger partial charge in [-0.2, -0.15) is 13.2 Å². The third-order valence-electron chi connectivity index (χ3n) is 3.17. The van der Waals surface area contributed by atoms with Crippen LogP contribution in [0, 0.1) is 0 Å². The van der Waals surface area contributed by atoms with Crippen LogP contribution in [0.1, 0.15) is 34.0 Å². The van der Waals surface area contributed by atoms with Crippen LogP contribution in [0.15, 0.2) is 16.6 Å². The fourth-order valence-electron chi connectivity index (χ4n) is 2.29. The van der Waals surface area contributed by atoms with Crippen LogP contribution in [0.25, 0.3) is 0 Å². The average molecular weight is 367 g/mol. The SMILES string of the molecule is COC(=O)c1ccc(Br)c2c1CCC2OC(=O)C(F)(F)F. The molecule has 0 saturated heterocycles. The molecule has 0 N–H and O–H groups in total. The monoisotopic (exact) mass is 366 g/mol. The lowest BCUT2D eigenvalue weighted by molar-refractivity contribution is -0.205. The van der Waals surface area contributed by atoms with Crippen molar-refractivity contribution in [3.63, 3.8) is 0 Å². The van der Waals surface area contributed by atoms with Gasteiger partial charge in [-0.05, 0) is 30.5 Å². The van der Waals surface area contributed by atoms with Gasteiger partial charge < -0.3 is 9.47 Å². The van der Waals surface area contributed by atoms with Crippen molar-refractivity contribution in [3.05, 3.63) is 33.3 Å². The summed E-state index contributed by atoms with van der Waals surface area (Å²) in [6, 6.07) is 3.04. The molecular formula is C13H10BrF3O4. The molecule has 4 nitrogen and oxygen atoms in total. The van der Waals surface area contributed by atoms with Crippen molar-refractivity contribution in [3.8, 4) is 0 Å². The van der Waals surface area contributed by atoms with Crippen LogP contribution in [0.2, 0.25) is 0 Å². The molecule has 1 atom stereocenters. The summed E-state index contributed by atoms with van der Waals surface area (Å²) in [5, 5.41) is 0. The number of alkyl halides is 3. The molecule has 0 fully saturated rings. The van der Waals surface area contributed by atoms with Gasteiger partial charge in [0.25, 0.3) is 0 Å². The van der Waals surface area contributed by atoms with E-state index in [1.807, 2.05) is 0 Å². The molecule has 0 aliphatic heterocycles. The zero-order valence-electron chi connectivity index (χ0n) is 10.8. The molecule has 1 unspecified atom stereocenters. The molecule has 0 spiro atoms. The highest BCUT2D eigenvalue weighted by Crippen LogP contribution is 2.41. The van der Waals surface area contributed by atoms with E-state index in [-0.39, 0.29) is 12.0 Å². The summed E-state index contributed by atoms with van der Waals surface area (Å²) in [6.45, 7) is 0. The first kappa shape index (κ1) is 15.8. The smallest absolute Gasteiger partial charge is 0.465 e. The minimum atomic E-state index is -5.05. The Balaban J connectivity index is 2.36. The highest BCUT2D eigenvalue weighted by molar-refractivity contribution is 9.10. The zero-order chi connectivity index (χ0) is 15.8. The number of hydrogen-bond acceptors (Lipinski definition) is 4. The second kappa shape index (κ2) is 5.67. The van der Waals surface area contributed by atoms with Gasteiger partial charge in [0.05, 0.1) is 12.7 Å². The lowest BCUT2D eigenvalue weighted by Gasteiger charge is -2.16. The molecule has 2 rings (SSSR count). The van der Waals surface area contributed by atoms with Crippen LogP contribution in [-0.2, 0) is 20.7 Å².